The summed E-state index contributed by atoms with van der Waals surface area (Å²) >= 11 is 0. The van der Waals surface area contributed by atoms with Gasteiger partial charge in [-0.1, -0.05) is 71.6 Å². The van der Waals surface area contributed by atoms with Crippen molar-refractivity contribution in [2.75, 3.05) is 13.2 Å². The number of pyridine rings is 1. The minimum Gasteiger partial charge on any atom is -0.460 e. The van der Waals surface area contributed by atoms with Crippen molar-refractivity contribution in [3.63, 3.8) is 0 Å². The first-order valence-electron chi connectivity index (χ1n) is 17.5. The Kier molecular flexibility index (Phi) is 11.6. The van der Waals surface area contributed by atoms with Crippen LogP contribution in [0.3, 0.4) is 0 Å². The molecule has 2 atom stereocenters. The molecule has 0 unspecified atom stereocenters. The molecule has 0 saturated carbocycles. The number of amides is 1. The van der Waals surface area contributed by atoms with Gasteiger partial charge >= 0.3 is 12.1 Å². The summed E-state index contributed by atoms with van der Waals surface area (Å²) in [6, 6.07) is 7.40. The van der Waals surface area contributed by atoms with Gasteiger partial charge in [0.15, 0.2) is 5.79 Å². The van der Waals surface area contributed by atoms with Gasteiger partial charge in [-0.25, -0.2) is 9.18 Å². The standard InChI is InChI=1S/C39H57FN2O6Si/c1-25(2)34-30(18-17-28-21-29(47-39(8,9)46-28)22-32(43)48-37(3,4)5)33(26-13-15-27(40)16-14-26)31-23-42(24-38(6,7)35(31)41-34)36(44)45-19-20-49(10,11)12/h13-18,25,28-29H,19-24H2,1-12H3/b18-17+/t28-,29-/m1/s1. The van der Waals surface area contributed by atoms with E-state index < -0.39 is 31.0 Å². The van der Waals surface area contributed by atoms with Gasteiger partial charge in [0.1, 0.15) is 11.4 Å². The third-order valence-electron chi connectivity index (χ3n) is 8.63. The maximum atomic E-state index is 14.3. The second kappa shape index (κ2) is 14.6. The number of nitrogens with zero attached hydrogens (tertiary/aromatic N) is 2. The number of ether oxygens (including phenoxy) is 4. The second-order valence-corrected chi connectivity index (χ2v) is 22.7. The first kappa shape index (κ1) is 38.7. The van der Waals surface area contributed by atoms with Crippen molar-refractivity contribution < 1.29 is 32.9 Å². The summed E-state index contributed by atoms with van der Waals surface area (Å²) < 4.78 is 38.1. The van der Waals surface area contributed by atoms with Crippen LogP contribution in [0.15, 0.2) is 30.3 Å². The van der Waals surface area contributed by atoms with E-state index in [0.717, 1.165) is 39.7 Å². The number of fused-ring (bicyclic) bond motifs is 1. The number of benzene rings is 1. The van der Waals surface area contributed by atoms with Crippen LogP contribution in [-0.4, -0.2) is 66.8 Å². The lowest BCUT2D eigenvalue weighted by atomic mass is 9.77. The fourth-order valence-electron chi connectivity index (χ4n) is 6.55. The number of hydrogen-bond acceptors (Lipinski definition) is 7. The summed E-state index contributed by atoms with van der Waals surface area (Å²) in [7, 11) is -1.38. The third kappa shape index (κ3) is 10.5. The van der Waals surface area contributed by atoms with Crippen molar-refractivity contribution >= 4 is 26.2 Å². The molecule has 1 aromatic carbocycles. The lowest BCUT2D eigenvalue weighted by Crippen LogP contribution is -2.46. The molecule has 1 fully saturated rings. The van der Waals surface area contributed by atoms with E-state index in [9.17, 15) is 14.0 Å². The predicted molar refractivity (Wildman–Crippen MR) is 195 cm³/mol. The van der Waals surface area contributed by atoms with Crippen LogP contribution >= 0.6 is 0 Å². The molecule has 0 bridgehead atoms. The number of carbonyl (C=O) groups is 2. The Balaban J connectivity index is 1.78. The Labute approximate surface area is 293 Å². The van der Waals surface area contributed by atoms with Gasteiger partial charge in [-0.15, -0.1) is 0 Å². The molecule has 49 heavy (non-hydrogen) atoms. The highest BCUT2D eigenvalue weighted by atomic mass is 28.3. The van der Waals surface area contributed by atoms with Gasteiger partial charge in [0, 0.05) is 37.6 Å². The Morgan fingerprint density at radius 2 is 1.76 bits per heavy atom. The van der Waals surface area contributed by atoms with Gasteiger partial charge in [-0.2, -0.15) is 0 Å². The van der Waals surface area contributed by atoms with E-state index >= 15 is 0 Å². The molecule has 0 radical (unpaired) electrons. The van der Waals surface area contributed by atoms with E-state index in [0.29, 0.717) is 26.1 Å². The van der Waals surface area contributed by atoms with E-state index in [1.165, 1.54) is 12.1 Å². The highest BCUT2D eigenvalue weighted by molar-refractivity contribution is 6.76. The summed E-state index contributed by atoms with van der Waals surface area (Å²) in [5.41, 5.74) is 4.35. The van der Waals surface area contributed by atoms with Gasteiger partial charge in [0.05, 0.1) is 43.2 Å². The first-order valence-corrected chi connectivity index (χ1v) is 21.2. The van der Waals surface area contributed by atoms with Gasteiger partial charge in [-0.05, 0) is 69.8 Å². The van der Waals surface area contributed by atoms with Crippen LogP contribution in [0.25, 0.3) is 17.2 Å². The molecule has 8 nitrogen and oxygen atoms in total. The number of hydrogen-bond donors (Lipinski definition) is 0. The molecule has 3 heterocycles. The normalized spacial score (nSPS) is 20.7. The molecular weight excluding hydrogens is 640 g/mol. The fourth-order valence-corrected chi connectivity index (χ4v) is 7.27. The zero-order valence-corrected chi connectivity index (χ0v) is 32.7. The molecule has 2 aliphatic rings. The molecular formula is C39H57FN2O6Si. The van der Waals surface area contributed by atoms with Crippen LogP contribution in [0.2, 0.25) is 25.7 Å². The molecule has 1 amide bonds. The van der Waals surface area contributed by atoms with Crippen molar-refractivity contribution in [2.24, 2.45) is 0 Å². The summed E-state index contributed by atoms with van der Waals surface area (Å²) in [5, 5.41) is 0. The molecule has 1 saturated heterocycles. The molecule has 1 aromatic heterocycles. The lowest BCUT2D eigenvalue weighted by molar-refractivity contribution is -0.290. The Bertz CT molecular complexity index is 1540. The van der Waals surface area contributed by atoms with Crippen molar-refractivity contribution in [1.29, 1.82) is 0 Å². The number of halogens is 1. The van der Waals surface area contributed by atoms with Gasteiger partial charge in [0.25, 0.3) is 0 Å². The monoisotopic (exact) mass is 696 g/mol. The smallest absolute Gasteiger partial charge is 0.410 e. The average molecular weight is 697 g/mol. The van der Waals surface area contributed by atoms with Crippen LogP contribution in [0, 0.1) is 5.82 Å². The average Bonchev–Trinajstić information content (AvgIpc) is 2.93. The number of carbonyl (C=O) groups excluding carboxylic acids is 2. The van der Waals surface area contributed by atoms with Crippen molar-refractivity contribution in [3.05, 3.63) is 58.7 Å². The third-order valence-corrected chi connectivity index (χ3v) is 10.3. The quantitative estimate of drug-likeness (QED) is 0.191. The van der Waals surface area contributed by atoms with E-state index in [1.807, 2.05) is 46.8 Å². The van der Waals surface area contributed by atoms with Crippen LogP contribution in [-0.2, 0) is 35.7 Å². The predicted octanol–water partition coefficient (Wildman–Crippen LogP) is 9.23. The molecule has 0 spiro atoms. The maximum Gasteiger partial charge on any atom is 0.410 e. The zero-order chi connectivity index (χ0) is 36.5. The van der Waals surface area contributed by atoms with Crippen LogP contribution in [0.4, 0.5) is 9.18 Å². The number of esters is 1. The number of rotatable bonds is 9. The SMILES string of the molecule is CC(C)c1nc2c(c(-c3ccc(F)cc3)c1/C=C/[C@@H]1C[C@H](CC(=O)OC(C)(C)C)OC(C)(C)O1)CN(C(=O)OCC[Si](C)(C)C)CC2(C)C. The molecule has 2 aliphatic heterocycles. The first-order chi connectivity index (χ1) is 22.5. The van der Waals surface area contributed by atoms with Crippen LogP contribution < -0.4 is 0 Å². The van der Waals surface area contributed by atoms with E-state index in [4.69, 9.17) is 23.9 Å². The highest BCUT2D eigenvalue weighted by Crippen LogP contribution is 2.43. The molecule has 4 rings (SSSR count). The second-order valence-electron chi connectivity index (χ2n) is 17.1. The molecule has 0 aliphatic carbocycles. The van der Waals surface area contributed by atoms with Crippen molar-refractivity contribution in [2.45, 2.75) is 142 Å². The summed E-state index contributed by atoms with van der Waals surface area (Å²) in [5.74, 6) is -1.50. The Morgan fingerprint density at radius 3 is 2.35 bits per heavy atom. The van der Waals surface area contributed by atoms with E-state index in [1.54, 1.807) is 17.0 Å². The molecule has 2 aromatic rings. The highest BCUT2D eigenvalue weighted by Gasteiger charge is 2.40. The fraction of sp³-hybridized carbons (Fsp3) is 0.615. The Hall–Kier alpha value is -3.08. The molecule has 270 valence electrons. The van der Waals surface area contributed by atoms with Crippen molar-refractivity contribution in [3.8, 4) is 11.1 Å². The largest absolute Gasteiger partial charge is 0.460 e. The lowest BCUT2D eigenvalue weighted by Gasteiger charge is -2.41. The number of aromatic nitrogens is 1. The summed E-state index contributed by atoms with van der Waals surface area (Å²) in [4.78, 5) is 33.3. The minimum absolute atomic E-state index is 0.0662. The van der Waals surface area contributed by atoms with Crippen molar-refractivity contribution in [1.82, 2.24) is 9.88 Å². The summed E-state index contributed by atoms with van der Waals surface area (Å²) in [6.45, 7) is 25.7. The molecule has 10 heteroatoms. The minimum atomic E-state index is -1.38. The van der Waals surface area contributed by atoms with E-state index in [2.05, 4.69) is 47.3 Å². The Morgan fingerprint density at radius 1 is 1.10 bits per heavy atom. The van der Waals surface area contributed by atoms with Gasteiger partial charge in [-0.3, -0.25) is 9.78 Å². The van der Waals surface area contributed by atoms with Crippen LogP contribution in [0.5, 0.6) is 0 Å². The van der Waals surface area contributed by atoms with Crippen LogP contribution in [0.1, 0.15) is 104 Å². The zero-order valence-electron chi connectivity index (χ0n) is 31.7. The topological polar surface area (TPSA) is 87.2 Å². The molecule has 0 N–H and O–H groups in total. The summed E-state index contributed by atoms with van der Waals surface area (Å²) in [6.07, 6.45) is 3.54. The van der Waals surface area contributed by atoms with Gasteiger partial charge in [0.2, 0.25) is 0 Å². The van der Waals surface area contributed by atoms with E-state index in [-0.39, 0.29) is 36.3 Å². The van der Waals surface area contributed by atoms with Gasteiger partial charge < -0.3 is 23.8 Å². The maximum absolute atomic E-state index is 14.3.